The van der Waals surface area contributed by atoms with Gasteiger partial charge in [0.1, 0.15) is 0 Å². The fourth-order valence-electron chi connectivity index (χ4n) is 4.89. The van der Waals surface area contributed by atoms with Gasteiger partial charge in [0.05, 0.1) is 36.2 Å². The Hall–Kier alpha value is -2.26. The summed E-state index contributed by atoms with van der Waals surface area (Å²) in [6.07, 6.45) is 0.923. The normalized spacial score (nSPS) is 24.2. The summed E-state index contributed by atoms with van der Waals surface area (Å²) in [5.41, 5.74) is 4.43. The molecule has 2 unspecified atom stereocenters. The summed E-state index contributed by atoms with van der Waals surface area (Å²) in [4.78, 5) is 7.17. The van der Waals surface area contributed by atoms with Gasteiger partial charge in [0, 0.05) is 41.4 Å². The van der Waals surface area contributed by atoms with Crippen molar-refractivity contribution in [2.24, 2.45) is 4.99 Å². The number of benzene rings is 1. The Labute approximate surface area is 196 Å². The molecule has 2 aliphatic rings. The van der Waals surface area contributed by atoms with E-state index in [0.29, 0.717) is 13.0 Å². The highest BCUT2D eigenvalue weighted by Crippen LogP contribution is 2.60. The summed E-state index contributed by atoms with van der Waals surface area (Å²) in [6, 6.07) is 11.0. The largest absolute Gasteiger partial charge is 0.346 e. The quantitative estimate of drug-likeness (QED) is 0.637. The van der Waals surface area contributed by atoms with Crippen molar-refractivity contribution in [2.45, 2.75) is 65.5 Å². The van der Waals surface area contributed by atoms with E-state index in [2.05, 4.69) is 75.1 Å². The third kappa shape index (κ3) is 3.37. The Morgan fingerprint density at radius 3 is 2.69 bits per heavy atom. The maximum atomic E-state index is 9.08. The van der Waals surface area contributed by atoms with Crippen LogP contribution in [-0.2, 0) is 23.8 Å². The summed E-state index contributed by atoms with van der Waals surface area (Å²) in [6.45, 7) is 11.4. The number of hydrogen-bond donors (Lipinski definition) is 1. The van der Waals surface area contributed by atoms with E-state index in [-0.39, 0.29) is 11.5 Å². The first-order valence-electron chi connectivity index (χ1n) is 11.1. The van der Waals surface area contributed by atoms with Crippen LogP contribution in [0, 0.1) is 18.3 Å². The zero-order valence-electron chi connectivity index (χ0n) is 19.7. The second kappa shape index (κ2) is 8.26. The number of aliphatic imine (C=N–C) groups is 1. The Balaban J connectivity index is 1.99. The minimum Gasteiger partial charge on any atom is -0.346 e. The number of allylic oxidation sites excluding steroid dienone is 2. The van der Waals surface area contributed by atoms with Crippen molar-refractivity contribution in [3.05, 3.63) is 46.5 Å². The topological polar surface area (TPSA) is 69.2 Å². The SMILES string of the molecule is CCC(C)NP1(=S)C(=C2N(C)c3ccccc3C2(C)C)C=Nc2c1c(C)nn2CCC#N. The summed E-state index contributed by atoms with van der Waals surface area (Å²) in [5, 5.41) is 19.8. The highest BCUT2D eigenvalue weighted by atomic mass is 32.4. The highest BCUT2D eigenvalue weighted by molar-refractivity contribution is 8.20. The van der Waals surface area contributed by atoms with Gasteiger partial charge in [-0.15, -0.1) is 0 Å². The van der Waals surface area contributed by atoms with Crippen LogP contribution in [0.5, 0.6) is 0 Å². The number of likely N-dealkylation sites (N-methyl/N-ethyl adjacent to an activating group) is 1. The van der Waals surface area contributed by atoms with Crippen molar-refractivity contribution in [1.29, 1.82) is 5.26 Å². The second-order valence-electron chi connectivity index (χ2n) is 9.13. The van der Waals surface area contributed by atoms with Gasteiger partial charge in [0.15, 0.2) is 5.82 Å². The minimum atomic E-state index is -2.42. The van der Waals surface area contributed by atoms with E-state index in [4.69, 9.17) is 27.2 Å². The first-order chi connectivity index (χ1) is 15.2. The van der Waals surface area contributed by atoms with Gasteiger partial charge in [-0.3, -0.25) is 5.09 Å². The molecule has 0 radical (unpaired) electrons. The fraction of sp³-hybridized carbons (Fsp3) is 0.458. The van der Waals surface area contributed by atoms with E-state index in [1.165, 1.54) is 16.9 Å². The predicted octanol–water partition coefficient (Wildman–Crippen LogP) is 4.87. The monoisotopic (exact) mass is 466 g/mol. The minimum absolute atomic E-state index is 0.198. The summed E-state index contributed by atoms with van der Waals surface area (Å²) < 4.78 is 1.85. The number of nitriles is 1. The van der Waals surface area contributed by atoms with Crippen molar-refractivity contribution in [3.8, 4) is 6.07 Å². The van der Waals surface area contributed by atoms with E-state index in [1.54, 1.807) is 0 Å². The van der Waals surface area contributed by atoms with Gasteiger partial charge in [-0.05, 0) is 31.9 Å². The van der Waals surface area contributed by atoms with Gasteiger partial charge < -0.3 is 4.90 Å². The number of nitrogens with one attached hydrogen (secondary N) is 1. The predicted molar refractivity (Wildman–Crippen MR) is 137 cm³/mol. The molecule has 2 atom stereocenters. The average Bonchev–Trinajstić information content (AvgIpc) is 3.19. The van der Waals surface area contributed by atoms with Gasteiger partial charge in [0.2, 0.25) is 0 Å². The molecular formula is C24H31N6PS. The number of hydrogen-bond acceptors (Lipinski definition) is 5. The number of para-hydroxylation sites is 1. The zero-order chi connectivity index (χ0) is 23.3. The molecule has 1 aromatic heterocycles. The van der Waals surface area contributed by atoms with Crippen LogP contribution in [0.2, 0.25) is 0 Å². The van der Waals surface area contributed by atoms with E-state index < -0.39 is 6.19 Å². The molecule has 1 N–H and O–H groups in total. The average molecular weight is 467 g/mol. The van der Waals surface area contributed by atoms with Crippen LogP contribution >= 0.6 is 6.19 Å². The highest BCUT2D eigenvalue weighted by Gasteiger charge is 2.45. The maximum absolute atomic E-state index is 9.08. The van der Waals surface area contributed by atoms with Crippen LogP contribution in [-0.4, -0.2) is 29.1 Å². The molecule has 2 aromatic rings. The Kier molecular flexibility index (Phi) is 5.92. The van der Waals surface area contributed by atoms with Crippen molar-refractivity contribution in [1.82, 2.24) is 14.9 Å². The summed E-state index contributed by atoms with van der Waals surface area (Å²) in [7, 11) is 2.13. The van der Waals surface area contributed by atoms with E-state index in [9.17, 15) is 0 Å². The number of aromatic nitrogens is 2. The third-order valence-corrected chi connectivity index (χ3v) is 11.0. The zero-order valence-corrected chi connectivity index (χ0v) is 21.4. The van der Waals surface area contributed by atoms with E-state index in [1.807, 2.05) is 17.8 Å². The molecule has 168 valence electrons. The number of rotatable bonds is 5. The lowest BCUT2D eigenvalue weighted by Crippen LogP contribution is -2.34. The molecule has 0 amide bonds. The van der Waals surface area contributed by atoms with Crippen molar-refractivity contribution >= 4 is 41.0 Å². The number of aryl methyl sites for hydroxylation is 2. The Bertz CT molecular complexity index is 1220. The Morgan fingerprint density at radius 1 is 1.31 bits per heavy atom. The molecule has 6 nitrogen and oxygen atoms in total. The number of anilines is 1. The lowest BCUT2D eigenvalue weighted by molar-refractivity contribution is 0.626. The van der Waals surface area contributed by atoms with Crippen LogP contribution < -0.4 is 15.3 Å². The molecular weight excluding hydrogens is 435 g/mol. The number of fused-ring (bicyclic) bond motifs is 2. The standard InChI is InChI=1S/C24H31N6PS/c1-7-16(2)28-31(32)20(15-26-23-21(31)17(3)27-30(23)14-10-13-25)22-24(4,5)18-11-8-9-12-19(18)29(22)6/h8-9,11-12,15-16H,7,10,14H2,1-6H3,(H,28,32). The van der Waals surface area contributed by atoms with Gasteiger partial charge in [-0.1, -0.05) is 50.8 Å². The number of nitrogens with zero attached hydrogens (tertiary/aromatic N) is 5. The second-order valence-corrected chi connectivity index (χ2v) is 13.2. The fourth-order valence-corrected chi connectivity index (χ4v) is 9.69. The molecule has 3 heterocycles. The smallest absolute Gasteiger partial charge is 0.160 e. The van der Waals surface area contributed by atoms with Gasteiger partial charge >= 0.3 is 0 Å². The first-order valence-corrected chi connectivity index (χ1v) is 13.9. The molecule has 32 heavy (non-hydrogen) atoms. The maximum Gasteiger partial charge on any atom is 0.160 e. The van der Waals surface area contributed by atoms with Crippen molar-refractivity contribution in [2.75, 3.05) is 11.9 Å². The molecule has 0 bridgehead atoms. The van der Waals surface area contributed by atoms with Crippen LogP contribution in [0.3, 0.4) is 0 Å². The molecule has 0 saturated heterocycles. The molecule has 0 fully saturated rings. The van der Waals surface area contributed by atoms with Gasteiger partial charge in [-0.2, -0.15) is 10.4 Å². The van der Waals surface area contributed by atoms with Crippen molar-refractivity contribution < 1.29 is 0 Å². The van der Waals surface area contributed by atoms with Crippen LogP contribution in [0.15, 0.2) is 40.3 Å². The van der Waals surface area contributed by atoms with Crippen LogP contribution in [0.1, 0.15) is 51.8 Å². The molecule has 0 aliphatic carbocycles. The third-order valence-electron chi connectivity index (χ3n) is 6.59. The lowest BCUT2D eigenvalue weighted by atomic mass is 9.84. The molecule has 2 aliphatic heterocycles. The van der Waals surface area contributed by atoms with Crippen LogP contribution in [0.4, 0.5) is 11.5 Å². The van der Waals surface area contributed by atoms with Crippen LogP contribution in [0.25, 0.3) is 0 Å². The summed E-state index contributed by atoms with van der Waals surface area (Å²) >= 11 is 6.59. The molecule has 4 rings (SSSR count). The molecule has 1 aromatic carbocycles. The molecule has 0 spiro atoms. The molecule has 8 heteroatoms. The summed E-state index contributed by atoms with van der Waals surface area (Å²) in [5.74, 6) is 0.803. The van der Waals surface area contributed by atoms with E-state index >= 15 is 0 Å². The van der Waals surface area contributed by atoms with Gasteiger partial charge in [-0.25, -0.2) is 9.67 Å². The van der Waals surface area contributed by atoms with Gasteiger partial charge in [0.25, 0.3) is 0 Å². The first kappa shape index (κ1) is 22.9. The van der Waals surface area contributed by atoms with Crippen molar-refractivity contribution in [3.63, 3.8) is 0 Å². The molecule has 0 saturated carbocycles. The lowest BCUT2D eigenvalue weighted by Gasteiger charge is -2.36. The Morgan fingerprint density at radius 2 is 2.03 bits per heavy atom. The van der Waals surface area contributed by atoms with E-state index in [0.717, 1.165) is 28.6 Å².